The molecule has 2 saturated heterocycles. The Morgan fingerprint density at radius 3 is 2.83 bits per heavy atom. The molecule has 0 bridgehead atoms. The van der Waals surface area contributed by atoms with Crippen LogP contribution in [0.2, 0.25) is 0 Å². The first kappa shape index (κ1) is 14.8. The van der Waals surface area contributed by atoms with E-state index in [0.717, 1.165) is 5.56 Å². The number of carbonyl (C=O) groups is 2. The van der Waals surface area contributed by atoms with Crippen LogP contribution in [0.25, 0.3) is 0 Å². The molecular formula is C17H17N3O4. The predicted octanol–water partition coefficient (Wildman–Crippen LogP) is 1.11. The lowest BCUT2D eigenvalue weighted by atomic mass is 9.79. The van der Waals surface area contributed by atoms with Gasteiger partial charge < -0.3 is 19.7 Å². The second-order valence-corrected chi connectivity index (χ2v) is 6.74. The average Bonchev–Trinajstić information content (AvgIpc) is 3.14. The Kier molecular flexibility index (Phi) is 3.01. The topological polar surface area (TPSA) is 91.7 Å². The van der Waals surface area contributed by atoms with Gasteiger partial charge in [-0.05, 0) is 38.0 Å². The van der Waals surface area contributed by atoms with E-state index in [4.69, 9.17) is 9.47 Å². The highest BCUT2D eigenvalue weighted by Crippen LogP contribution is 2.52. The zero-order valence-electron chi connectivity index (χ0n) is 13.4. The fourth-order valence-corrected chi connectivity index (χ4v) is 3.91. The molecule has 0 radical (unpaired) electrons. The number of nitriles is 1. The van der Waals surface area contributed by atoms with Crippen molar-refractivity contribution < 1.29 is 19.1 Å². The molecule has 7 heteroatoms. The molecule has 0 aliphatic carbocycles. The van der Waals surface area contributed by atoms with E-state index in [-0.39, 0.29) is 18.6 Å². The third kappa shape index (κ3) is 1.89. The van der Waals surface area contributed by atoms with Crippen LogP contribution >= 0.6 is 0 Å². The highest BCUT2D eigenvalue weighted by molar-refractivity contribution is 5.97. The normalized spacial score (nSPS) is 33.9. The summed E-state index contributed by atoms with van der Waals surface area (Å²) in [6, 6.07) is 6.03. The van der Waals surface area contributed by atoms with Gasteiger partial charge in [-0.1, -0.05) is 6.07 Å². The fraction of sp³-hybridized carbons (Fsp3) is 0.471. The molecule has 0 spiro atoms. The minimum atomic E-state index is -0.852. The maximum Gasteiger partial charge on any atom is 0.246 e. The van der Waals surface area contributed by atoms with E-state index in [9.17, 15) is 14.9 Å². The molecule has 1 aromatic rings. The number of piperazine rings is 1. The number of nitrogens with one attached hydrogen (secondary N) is 1. The van der Waals surface area contributed by atoms with Crippen molar-refractivity contribution >= 4 is 11.8 Å². The molecule has 2 fully saturated rings. The smallest absolute Gasteiger partial charge is 0.246 e. The van der Waals surface area contributed by atoms with E-state index in [0.29, 0.717) is 17.9 Å². The summed E-state index contributed by atoms with van der Waals surface area (Å²) in [5.41, 5.74) is -0.0730. The SMILES string of the molecule is C[C@@H]1NC(=O)C2C[C@](C)(C#N)[C@H](c3ccc4c(c3)OCO4)N2C1=O. The van der Waals surface area contributed by atoms with Gasteiger partial charge >= 0.3 is 0 Å². The molecule has 4 rings (SSSR count). The molecule has 4 atom stereocenters. The van der Waals surface area contributed by atoms with Crippen molar-refractivity contribution in [3.05, 3.63) is 23.8 Å². The standard InChI is InChI=1S/C17H17N3O4/c1-9-16(22)20-11(15(21)19-9)6-17(2,7-18)14(20)10-3-4-12-13(5-10)24-8-23-12/h3-5,9,11,14H,6,8H2,1-2H3,(H,19,21)/t9-,11?,14-,17+/m0/s1. The molecular weight excluding hydrogens is 310 g/mol. The highest BCUT2D eigenvalue weighted by atomic mass is 16.7. The second-order valence-electron chi connectivity index (χ2n) is 6.74. The Hall–Kier alpha value is -2.75. The van der Waals surface area contributed by atoms with Crippen molar-refractivity contribution in [2.24, 2.45) is 5.41 Å². The van der Waals surface area contributed by atoms with Gasteiger partial charge in [0.1, 0.15) is 12.1 Å². The maximum atomic E-state index is 12.7. The van der Waals surface area contributed by atoms with Gasteiger partial charge in [-0.25, -0.2) is 0 Å². The molecule has 3 aliphatic heterocycles. The molecule has 0 aromatic heterocycles. The molecule has 1 unspecified atom stereocenters. The van der Waals surface area contributed by atoms with Gasteiger partial charge in [-0.15, -0.1) is 0 Å². The molecule has 1 N–H and O–H groups in total. The minimum Gasteiger partial charge on any atom is -0.454 e. The van der Waals surface area contributed by atoms with Gasteiger partial charge in [-0.2, -0.15) is 5.26 Å². The summed E-state index contributed by atoms with van der Waals surface area (Å²) in [5, 5.41) is 12.5. The second kappa shape index (κ2) is 4.87. The summed E-state index contributed by atoms with van der Waals surface area (Å²) in [6.45, 7) is 3.62. The van der Waals surface area contributed by atoms with Crippen molar-refractivity contribution in [1.82, 2.24) is 10.2 Å². The molecule has 0 saturated carbocycles. The van der Waals surface area contributed by atoms with E-state index >= 15 is 0 Å². The largest absolute Gasteiger partial charge is 0.454 e. The number of rotatable bonds is 1. The number of hydrogen-bond donors (Lipinski definition) is 1. The van der Waals surface area contributed by atoms with Crippen molar-refractivity contribution in [3.63, 3.8) is 0 Å². The summed E-state index contributed by atoms with van der Waals surface area (Å²) in [7, 11) is 0. The maximum absolute atomic E-state index is 12.7. The van der Waals surface area contributed by atoms with Gasteiger partial charge in [0.2, 0.25) is 18.6 Å². The number of benzene rings is 1. The summed E-state index contributed by atoms with van der Waals surface area (Å²) >= 11 is 0. The number of hydrogen-bond acceptors (Lipinski definition) is 5. The molecule has 2 amide bonds. The lowest BCUT2D eigenvalue weighted by molar-refractivity contribution is -0.148. The summed E-state index contributed by atoms with van der Waals surface area (Å²) < 4.78 is 10.7. The summed E-state index contributed by atoms with van der Waals surface area (Å²) in [4.78, 5) is 26.6. The van der Waals surface area contributed by atoms with Crippen LogP contribution in [-0.4, -0.2) is 35.6 Å². The van der Waals surface area contributed by atoms with Gasteiger partial charge in [-0.3, -0.25) is 9.59 Å². The van der Waals surface area contributed by atoms with Crippen LogP contribution < -0.4 is 14.8 Å². The molecule has 24 heavy (non-hydrogen) atoms. The van der Waals surface area contributed by atoms with Crippen molar-refractivity contribution in [1.29, 1.82) is 5.26 Å². The molecule has 1 aromatic carbocycles. The van der Waals surface area contributed by atoms with Crippen LogP contribution in [0.5, 0.6) is 11.5 Å². The van der Waals surface area contributed by atoms with Crippen LogP contribution in [0.4, 0.5) is 0 Å². The zero-order chi connectivity index (χ0) is 17.1. The van der Waals surface area contributed by atoms with Crippen LogP contribution in [0, 0.1) is 16.7 Å². The van der Waals surface area contributed by atoms with Gasteiger partial charge in [0.25, 0.3) is 0 Å². The van der Waals surface area contributed by atoms with Gasteiger partial charge in [0, 0.05) is 0 Å². The van der Waals surface area contributed by atoms with Gasteiger partial charge in [0.05, 0.1) is 17.5 Å². The first-order valence-corrected chi connectivity index (χ1v) is 7.88. The Labute approximate surface area is 139 Å². The number of fused-ring (bicyclic) bond motifs is 2. The lowest BCUT2D eigenvalue weighted by Crippen LogP contribution is -2.60. The first-order valence-electron chi connectivity index (χ1n) is 7.88. The van der Waals surface area contributed by atoms with Crippen LogP contribution in [0.15, 0.2) is 18.2 Å². The average molecular weight is 327 g/mol. The van der Waals surface area contributed by atoms with Crippen LogP contribution in [0.1, 0.15) is 31.9 Å². The van der Waals surface area contributed by atoms with Crippen LogP contribution in [-0.2, 0) is 9.59 Å². The van der Waals surface area contributed by atoms with E-state index in [2.05, 4.69) is 11.4 Å². The molecule has 7 nitrogen and oxygen atoms in total. The quantitative estimate of drug-likeness (QED) is 0.834. The highest BCUT2D eigenvalue weighted by Gasteiger charge is 2.57. The zero-order valence-corrected chi connectivity index (χ0v) is 13.4. The third-order valence-corrected chi connectivity index (χ3v) is 5.09. The molecule has 124 valence electrons. The van der Waals surface area contributed by atoms with E-state index < -0.39 is 23.5 Å². The third-order valence-electron chi connectivity index (χ3n) is 5.09. The van der Waals surface area contributed by atoms with E-state index in [1.807, 2.05) is 6.07 Å². The van der Waals surface area contributed by atoms with Gasteiger partial charge in [0.15, 0.2) is 11.5 Å². The molecule has 3 heterocycles. The van der Waals surface area contributed by atoms with Crippen molar-refractivity contribution in [3.8, 4) is 17.6 Å². The Morgan fingerprint density at radius 1 is 1.33 bits per heavy atom. The summed E-state index contributed by atoms with van der Waals surface area (Å²) in [6.07, 6.45) is 0.312. The summed E-state index contributed by atoms with van der Waals surface area (Å²) in [5.74, 6) is 0.870. The fourth-order valence-electron chi connectivity index (χ4n) is 3.91. The van der Waals surface area contributed by atoms with E-state index in [1.54, 1.807) is 30.9 Å². The lowest BCUT2D eigenvalue weighted by Gasteiger charge is -2.38. The number of carbonyl (C=O) groups excluding carboxylic acids is 2. The van der Waals surface area contributed by atoms with E-state index in [1.165, 1.54) is 0 Å². The Bertz CT molecular complexity index is 787. The van der Waals surface area contributed by atoms with Crippen molar-refractivity contribution in [2.75, 3.05) is 6.79 Å². The van der Waals surface area contributed by atoms with Crippen molar-refractivity contribution in [2.45, 2.75) is 38.4 Å². The Morgan fingerprint density at radius 2 is 2.08 bits per heavy atom. The van der Waals surface area contributed by atoms with Crippen LogP contribution in [0.3, 0.4) is 0 Å². The number of ether oxygens (including phenoxy) is 2. The number of nitrogens with zero attached hydrogens (tertiary/aromatic N) is 2. The monoisotopic (exact) mass is 327 g/mol. The Balaban J connectivity index is 1.83. The molecule has 3 aliphatic rings. The first-order chi connectivity index (χ1) is 11.4. The minimum absolute atomic E-state index is 0.156. The number of amides is 2. The predicted molar refractivity (Wildman–Crippen MR) is 81.9 cm³/mol.